The summed E-state index contributed by atoms with van der Waals surface area (Å²) in [6.45, 7) is 1.78. The number of thioether (sulfide) groups is 1. The lowest BCUT2D eigenvalue weighted by Crippen LogP contribution is -1.89. The van der Waals surface area contributed by atoms with Crippen molar-refractivity contribution in [3.8, 4) is 0 Å². The number of aliphatic hydroxyl groups excluding tert-OH is 1. The molecule has 0 amide bonds. The Labute approximate surface area is 71.4 Å². The van der Waals surface area contributed by atoms with E-state index in [1.54, 1.807) is 18.7 Å². The molecule has 1 aromatic rings. The van der Waals surface area contributed by atoms with E-state index >= 15 is 0 Å². The van der Waals surface area contributed by atoms with Crippen molar-refractivity contribution in [1.29, 1.82) is 0 Å². The van der Waals surface area contributed by atoms with Gasteiger partial charge in [-0.15, -0.1) is 11.8 Å². The van der Waals surface area contributed by atoms with E-state index in [0.29, 0.717) is 0 Å². The third-order valence-electron chi connectivity index (χ3n) is 1.58. The first-order chi connectivity index (χ1) is 5.24. The Morgan fingerprint density at radius 2 is 2.18 bits per heavy atom. The average molecular weight is 168 g/mol. The first kappa shape index (κ1) is 8.62. The second-order valence-corrected chi connectivity index (χ2v) is 3.33. The SMILES string of the molecule is CSc1cccc([C@H](C)O)c1. The predicted octanol–water partition coefficient (Wildman–Crippen LogP) is 2.46. The Morgan fingerprint density at radius 3 is 2.73 bits per heavy atom. The van der Waals surface area contributed by atoms with E-state index in [0.717, 1.165) is 5.56 Å². The molecule has 1 nitrogen and oxygen atoms in total. The molecule has 0 unspecified atom stereocenters. The zero-order chi connectivity index (χ0) is 8.27. The van der Waals surface area contributed by atoms with Crippen molar-refractivity contribution in [2.45, 2.75) is 17.9 Å². The van der Waals surface area contributed by atoms with Crippen LogP contribution in [0.3, 0.4) is 0 Å². The van der Waals surface area contributed by atoms with Gasteiger partial charge in [0.2, 0.25) is 0 Å². The lowest BCUT2D eigenvalue weighted by Gasteiger charge is -2.04. The number of hydrogen-bond acceptors (Lipinski definition) is 2. The molecule has 1 rings (SSSR count). The second-order valence-electron chi connectivity index (χ2n) is 2.45. The summed E-state index contributed by atoms with van der Waals surface area (Å²) in [6, 6.07) is 7.95. The Morgan fingerprint density at radius 1 is 1.45 bits per heavy atom. The van der Waals surface area contributed by atoms with Crippen LogP contribution >= 0.6 is 11.8 Å². The van der Waals surface area contributed by atoms with E-state index in [-0.39, 0.29) is 6.10 Å². The Balaban J connectivity index is 2.91. The molecule has 1 N–H and O–H groups in total. The molecular weight excluding hydrogens is 156 g/mol. The number of benzene rings is 1. The maximum absolute atomic E-state index is 9.23. The fraction of sp³-hybridized carbons (Fsp3) is 0.333. The van der Waals surface area contributed by atoms with Gasteiger partial charge in [0, 0.05) is 4.90 Å². The lowest BCUT2D eigenvalue weighted by atomic mass is 10.1. The van der Waals surface area contributed by atoms with Gasteiger partial charge in [-0.1, -0.05) is 12.1 Å². The van der Waals surface area contributed by atoms with Crippen molar-refractivity contribution in [2.75, 3.05) is 6.26 Å². The molecule has 1 aromatic carbocycles. The van der Waals surface area contributed by atoms with Gasteiger partial charge in [-0.3, -0.25) is 0 Å². The number of hydrogen-bond donors (Lipinski definition) is 1. The van der Waals surface area contributed by atoms with Crippen molar-refractivity contribution in [3.63, 3.8) is 0 Å². The summed E-state index contributed by atoms with van der Waals surface area (Å²) in [5.41, 5.74) is 0.983. The molecule has 0 spiro atoms. The van der Waals surface area contributed by atoms with Crippen LogP contribution in [-0.4, -0.2) is 11.4 Å². The smallest absolute Gasteiger partial charge is 0.0762 e. The molecule has 0 saturated heterocycles. The highest BCUT2D eigenvalue weighted by atomic mass is 32.2. The molecule has 11 heavy (non-hydrogen) atoms. The first-order valence-electron chi connectivity index (χ1n) is 3.56. The van der Waals surface area contributed by atoms with Gasteiger partial charge in [0.15, 0.2) is 0 Å². The molecule has 1 atom stereocenters. The van der Waals surface area contributed by atoms with Gasteiger partial charge in [0.05, 0.1) is 6.10 Å². The molecule has 0 fully saturated rings. The lowest BCUT2D eigenvalue weighted by molar-refractivity contribution is 0.199. The molecular formula is C9H12OS. The van der Waals surface area contributed by atoms with Gasteiger partial charge in [-0.2, -0.15) is 0 Å². The van der Waals surface area contributed by atoms with Crippen molar-refractivity contribution in [1.82, 2.24) is 0 Å². The standard InChI is InChI=1S/C9H12OS/c1-7(10)8-4-3-5-9(6-8)11-2/h3-7,10H,1-2H3/t7-/m0/s1. The molecule has 0 aliphatic carbocycles. The fourth-order valence-corrected chi connectivity index (χ4v) is 1.37. The van der Waals surface area contributed by atoms with E-state index < -0.39 is 0 Å². The quantitative estimate of drug-likeness (QED) is 0.684. The Kier molecular flexibility index (Phi) is 2.97. The van der Waals surface area contributed by atoms with Crippen molar-refractivity contribution in [3.05, 3.63) is 29.8 Å². The predicted molar refractivity (Wildman–Crippen MR) is 48.9 cm³/mol. The summed E-state index contributed by atoms with van der Waals surface area (Å²) < 4.78 is 0. The van der Waals surface area contributed by atoms with Gasteiger partial charge in [0.1, 0.15) is 0 Å². The van der Waals surface area contributed by atoms with Gasteiger partial charge >= 0.3 is 0 Å². The zero-order valence-electron chi connectivity index (χ0n) is 6.74. The fourth-order valence-electron chi connectivity index (χ4n) is 0.901. The van der Waals surface area contributed by atoms with Crippen LogP contribution in [0.15, 0.2) is 29.2 Å². The van der Waals surface area contributed by atoms with Gasteiger partial charge in [0.25, 0.3) is 0 Å². The highest BCUT2D eigenvalue weighted by Crippen LogP contribution is 2.19. The van der Waals surface area contributed by atoms with Crippen LogP contribution < -0.4 is 0 Å². The van der Waals surface area contributed by atoms with Gasteiger partial charge < -0.3 is 5.11 Å². The molecule has 0 aromatic heterocycles. The van der Waals surface area contributed by atoms with E-state index in [1.165, 1.54) is 4.90 Å². The minimum atomic E-state index is -0.359. The van der Waals surface area contributed by atoms with Crippen molar-refractivity contribution in [2.24, 2.45) is 0 Å². The molecule has 0 bridgehead atoms. The largest absolute Gasteiger partial charge is 0.389 e. The molecule has 0 heterocycles. The van der Waals surface area contributed by atoms with Crippen molar-refractivity contribution >= 4 is 11.8 Å². The monoisotopic (exact) mass is 168 g/mol. The highest BCUT2D eigenvalue weighted by molar-refractivity contribution is 7.98. The van der Waals surface area contributed by atoms with Crippen LogP contribution in [0.25, 0.3) is 0 Å². The molecule has 60 valence electrons. The summed E-state index contributed by atoms with van der Waals surface area (Å²) in [7, 11) is 0. The van der Waals surface area contributed by atoms with Crippen LogP contribution in [0.4, 0.5) is 0 Å². The van der Waals surface area contributed by atoms with Gasteiger partial charge in [-0.05, 0) is 30.9 Å². The van der Waals surface area contributed by atoms with Crippen LogP contribution in [0, 0.1) is 0 Å². The zero-order valence-corrected chi connectivity index (χ0v) is 7.56. The van der Waals surface area contributed by atoms with Crippen LogP contribution in [0.5, 0.6) is 0 Å². The Hall–Kier alpha value is -0.470. The summed E-state index contributed by atoms with van der Waals surface area (Å²) in [4.78, 5) is 1.20. The summed E-state index contributed by atoms with van der Waals surface area (Å²) in [5.74, 6) is 0. The van der Waals surface area contributed by atoms with Gasteiger partial charge in [-0.25, -0.2) is 0 Å². The topological polar surface area (TPSA) is 20.2 Å². The van der Waals surface area contributed by atoms with E-state index in [1.807, 2.05) is 30.5 Å². The third-order valence-corrected chi connectivity index (χ3v) is 2.30. The number of aliphatic hydroxyl groups is 1. The van der Waals surface area contributed by atoms with Crippen LogP contribution in [0.2, 0.25) is 0 Å². The molecule has 0 aliphatic rings. The molecule has 0 saturated carbocycles. The average Bonchev–Trinajstić information content (AvgIpc) is 2.05. The number of rotatable bonds is 2. The van der Waals surface area contributed by atoms with E-state index in [2.05, 4.69) is 0 Å². The van der Waals surface area contributed by atoms with E-state index in [4.69, 9.17) is 0 Å². The minimum absolute atomic E-state index is 0.359. The van der Waals surface area contributed by atoms with E-state index in [9.17, 15) is 5.11 Å². The summed E-state index contributed by atoms with van der Waals surface area (Å²) in [5, 5.41) is 9.23. The molecule has 0 radical (unpaired) electrons. The first-order valence-corrected chi connectivity index (χ1v) is 4.78. The maximum atomic E-state index is 9.23. The molecule has 2 heteroatoms. The second kappa shape index (κ2) is 3.79. The third kappa shape index (κ3) is 2.24. The highest BCUT2D eigenvalue weighted by Gasteiger charge is 1.99. The minimum Gasteiger partial charge on any atom is -0.389 e. The van der Waals surface area contributed by atoms with Crippen molar-refractivity contribution < 1.29 is 5.11 Å². The van der Waals surface area contributed by atoms with Crippen LogP contribution in [0.1, 0.15) is 18.6 Å². The normalized spacial score (nSPS) is 13.0. The summed E-state index contributed by atoms with van der Waals surface area (Å²) in [6.07, 6.45) is 1.67. The Bertz CT molecular complexity index is 233. The maximum Gasteiger partial charge on any atom is 0.0762 e. The summed E-state index contributed by atoms with van der Waals surface area (Å²) >= 11 is 1.69. The van der Waals surface area contributed by atoms with Crippen LogP contribution in [-0.2, 0) is 0 Å². The molecule has 0 aliphatic heterocycles.